The van der Waals surface area contributed by atoms with Crippen LogP contribution in [-0.4, -0.2) is 26.7 Å². The van der Waals surface area contributed by atoms with Gasteiger partial charge in [0, 0.05) is 17.7 Å². The number of ether oxygens (including phenoxy) is 3. The molecule has 0 aromatic heterocycles. The van der Waals surface area contributed by atoms with Crippen LogP contribution in [0.2, 0.25) is 0 Å². The first-order chi connectivity index (χ1) is 11.6. The summed E-state index contributed by atoms with van der Waals surface area (Å²) in [6.07, 6.45) is 0. The molecule has 0 radical (unpaired) electrons. The monoisotopic (exact) mass is 329 g/mol. The third-order valence-corrected chi connectivity index (χ3v) is 3.61. The second-order valence-corrected chi connectivity index (χ2v) is 5.32. The molecule has 0 heterocycles. The number of carbonyl (C=O) groups is 1. The smallest absolute Gasteiger partial charge is 0.255 e. The van der Waals surface area contributed by atoms with Crippen LogP contribution in [0.25, 0.3) is 0 Å². The van der Waals surface area contributed by atoms with E-state index in [4.69, 9.17) is 14.2 Å². The van der Waals surface area contributed by atoms with Crippen molar-refractivity contribution in [3.05, 3.63) is 53.1 Å². The molecule has 0 saturated heterocycles. The van der Waals surface area contributed by atoms with Gasteiger partial charge in [-0.15, -0.1) is 0 Å². The van der Waals surface area contributed by atoms with Gasteiger partial charge in [0.1, 0.15) is 11.5 Å². The van der Waals surface area contributed by atoms with Crippen molar-refractivity contribution in [1.82, 2.24) is 0 Å². The van der Waals surface area contributed by atoms with Gasteiger partial charge in [-0.05, 0) is 49.7 Å². The Bertz CT molecular complexity index is 713. The molecule has 0 atom stereocenters. The van der Waals surface area contributed by atoms with E-state index in [1.54, 1.807) is 32.4 Å². The topological polar surface area (TPSA) is 56.8 Å². The zero-order valence-electron chi connectivity index (χ0n) is 14.5. The van der Waals surface area contributed by atoms with E-state index in [1.807, 2.05) is 32.0 Å². The Labute approximate surface area is 142 Å². The summed E-state index contributed by atoms with van der Waals surface area (Å²) in [6.45, 7) is 4.88. The first kappa shape index (κ1) is 17.8. The first-order valence-electron chi connectivity index (χ1n) is 7.79. The molecular weight excluding hydrogens is 306 g/mol. The predicted octanol–water partition coefficient (Wildman–Crippen LogP) is 3.80. The summed E-state index contributed by atoms with van der Waals surface area (Å²) in [5.74, 6) is 1.12. The van der Waals surface area contributed by atoms with E-state index in [9.17, 15) is 4.79 Å². The van der Waals surface area contributed by atoms with Crippen molar-refractivity contribution in [3.8, 4) is 11.5 Å². The van der Waals surface area contributed by atoms with Crippen molar-refractivity contribution in [2.24, 2.45) is 0 Å². The third-order valence-electron chi connectivity index (χ3n) is 3.61. The van der Waals surface area contributed by atoms with Crippen molar-refractivity contribution < 1.29 is 19.0 Å². The summed E-state index contributed by atoms with van der Waals surface area (Å²) >= 11 is 0. The van der Waals surface area contributed by atoms with Gasteiger partial charge in [-0.3, -0.25) is 4.79 Å². The van der Waals surface area contributed by atoms with Gasteiger partial charge in [0.2, 0.25) is 0 Å². The molecule has 0 saturated carbocycles. The average Bonchev–Trinajstić information content (AvgIpc) is 2.59. The van der Waals surface area contributed by atoms with Crippen LogP contribution >= 0.6 is 0 Å². The lowest BCUT2D eigenvalue weighted by Gasteiger charge is -2.13. The summed E-state index contributed by atoms with van der Waals surface area (Å²) in [6, 6.07) is 10.9. The molecule has 5 heteroatoms. The quantitative estimate of drug-likeness (QED) is 0.839. The highest BCUT2D eigenvalue weighted by atomic mass is 16.5. The van der Waals surface area contributed by atoms with Gasteiger partial charge in [-0.2, -0.15) is 0 Å². The van der Waals surface area contributed by atoms with E-state index in [0.29, 0.717) is 36.0 Å². The predicted molar refractivity (Wildman–Crippen MR) is 94.0 cm³/mol. The third kappa shape index (κ3) is 4.26. The zero-order valence-corrected chi connectivity index (χ0v) is 14.5. The van der Waals surface area contributed by atoms with Crippen LogP contribution in [0, 0.1) is 6.92 Å². The normalized spacial score (nSPS) is 10.3. The van der Waals surface area contributed by atoms with Crippen LogP contribution in [0.1, 0.15) is 28.4 Å². The van der Waals surface area contributed by atoms with Gasteiger partial charge < -0.3 is 19.5 Å². The van der Waals surface area contributed by atoms with E-state index >= 15 is 0 Å². The number of hydrogen-bond donors (Lipinski definition) is 1. The SMILES string of the molecule is CCOCc1cc(C(=O)Nc2cc(C)ccc2OC)ccc1OC. The molecule has 0 spiro atoms. The Kier molecular flexibility index (Phi) is 6.21. The van der Waals surface area contributed by atoms with Crippen molar-refractivity contribution >= 4 is 11.6 Å². The molecule has 0 unspecified atom stereocenters. The number of anilines is 1. The Hall–Kier alpha value is -2.53. The Morgan fingerprint density at radius 1 is 1.04 bits per heavy atom. The van der Waals surface area contributed by atoms with Crippen molar-refractivity contribution in [2.45, 2.75) is 20.5 Å². The lowest BCUT2D eigenvalue weighted by molar-refractivity contribution is 0.102. The molecule has 2 aromatic rings. The maximum absolute atomic E-state index is 12.6. The number of aryl methyl sites for hydroxylation is 1. The van der Waals surface area contributed by atoms with E-state index < -0.39 is 0 Å². The van der Waals surface area contributed by atoms with Gasteiger partial charge in [0.25, 0.3) is 5.91 Å². The molecule has 0 aliphatic heterocycles. The first-order valence-corrected chi connectivity index (χ1v) is 7.79. The highest BCUT2D eigenvalue weighted by Crippen LogP contribution is 2.27. The maximum Gasteiger partial charge on any atom is 0.255 e. The summed E-state index contributed by atoms with van der Waals surface area (Å²) in [5.41, 5.74) is 3.06. The molecule has 5 nitrogen and oxygen atoms in total. The van der Waals surface area contributed by atoms with E-state index in [2.05, 4.69) is 5.32 Å². The highest BCUT2D eigenvalue weighted by molar-refractivity contribution is 6.05. The van der Waals surface area contributed by atoms with Crippen LogP contribution in [0.4, 0.5) is 5.69 Å². The molecule has 0 aliphatic rings. The minimum atomic E-state index is -0.209. The minimum Gasteiger partial charge on any atom is -0.496 e. The largest absolute Gasteiger partial charge is 0.496 e. The van der Waals surface area contributed by atoms with Crippen LogP contribution < -0.4 is 14.8 Å². The summed E-state index contributed by atoms with van der Waals surface area (Å²) in [7, 11) is 3.18. The van der Waals surface area contributed by atoms with Crippen LogP contribution in [-0.2, 0) is 11.3 Å². The summed E-state index contributed by atoms with van der Waals surface area (Å²) in [5, 5.41) is 2.89. The minimum absolute atomic E-state index is 0.209. The highest BCUT2D eigenvalue weighted by Gasteiger charge is 2.13. The van der Waals surface area contributed by atoms with Gasteiger partial charge in [-0.1, -0.05) is 6.07 Å². The lowest BCUT2D eigenvalue weighted by Crippen LogP contribution is -2.13. The van der Waals surface area contributed by atoms with E-state index in [1.165, 1.54) is 0 Å². The number of hydrogen-bond acceptors (Lipinski definition) is 4. The van der Waals surface area contributed by atoms with Gasteiger partial charge in [0.15, 0.2) is 0 Å². The molecule has 24 heavy (non-hydrogen) atoms. The molecule has 2 aromatic carbocycles. The molecule has 1 N–H and O–H groups in total. The van der Waals surface area contributed by atoms with Crippen molar-refractivity contribution in [1.29, 1.82) is 0 Å². The summed E-state index contributed by atoms with van der Waals surface area (Å²) in [4.78, 5) is 12.6. The fourth-order valence-corrected chi connectivity index (χ4v) is 2.36. The standard InChI is InChI=1S/C19H23NO4/c1-5-24-12-15-11-14(7-9-17(15)22-3)19(21)20-16-10-13(2)6-8-18(16)23-4/h6-11H,5,12H2,1-4H3,(H,20,21). The second-order valence-electron chi connectivity index (χ2n) is 5.32. The maximum atomic E-state index is 12.6. The van der Waals surface area contributed by atoms with Crippen molar-refractivity contribution in [2.75, 3.05) is 26.1 Å². The fourth-order valence-electron chi connectivity index (χ4n) is 2.36. The number of rotatable bonds is 7. The van der Waals surface area contributed by atoms with E-state index in [0.717, 1.165) is 11.1 Å². The van der Waals surface area contributed by atoms with Gasteiger partial charge >= 0.3 is 0 Å². The summed E-state index contributed by atoms with van der Waals surface area (Å²) < 4.78 is 16.0. The molecule has 0 bridgehead atoms. The molecule has 2 rings (SSSR count). The Morgan fingerprint density at radius 3 is 2.42 bits per heavy atom. The van der Waals surface area contributed by atoms with E-state index in [-0.39, 0.29) is 5.91 Å². The Balaban J connectivity index is 2.25. The number of methoxy groups -OCH3 is 2. The van der Waals surface area contributed by atoms with Crippen molar-refractivity contribution in [3.63, 3.8) is 0 Å². The molecule has 128 valence electrons. The lowest BCUT2D eigenvalue weighted by atomic mass is 10.1. The molecule has 0 aliphatic carbocycles. The fraction of sp³-hybridized carbons (Fsp3) is 0.316. The number of nitrogens with one attached hydrogen (secondary N) is 1. The van der Waals surface area contributed by atoms with Crippen LogP contribution in [0.15, 0.2) is 36.4 Å². The number of carbonyl (C=O) groups excluding carboxylic acids is 1. The molecule has 1 amide bonds. The Morgan fingerprint density at radius 2 is 1.75 bits per heavy atom. The molecule has 0 fully saturated rings. The number of benzene rings is 2. The van der Waals surface area contributed by atoms with Gasteiger partial charge in [0.05, 0.1) is 26.5 Å². The zero-order chi connectivity index (χ0) is 17.5. The van der Waals surface area contributed by atoms with Crippen LogP contribution in [0.5, 0.6) is 11.5 Å². The second kappa shape index (κ2) is 8.36. The average molecular weight is 329 g/mol. The molecular formula is C19H23NO4. The number of amides is 1. The van der Waals surface area contributed by atoms with Gasteiger partial charge in [-0.25, -0.2) is 0 Å². The van der Waals surface area contributed by atoms with Crippen LogP contribution in [0.3, 0.4) is 0 Å².